The highest BCUT2D eigenvalue weighted by Gasteiger charge is 2.50. The molecule has 1 aromatic heterocycles. The quantitative estimate of drug-likeness (QED) is 0.0455. The lowest BCUT2D eigenvalue weighted by molar-refractivity contribution is -0.116. The maximum absolute atomic E-state index is 13.9. The summed E-state index contributed by atoms with van der Waals surface area (Å²) in [5, 5.41) is 4.03. The molecule has 0 saturated heterocycles. The second kappa shape index (κ2) is 27.2. The van der Waals surface area contributed by atoms with Gasteiger partial charge in [0, 0.05) is 53.0 Å². The fourth-order valence-electron chi connectivity index (χ4n) is 10.5. The lowest BCUT2D eigenvalue weighted by atomic mass is 9.80. The van der Waals surface area contributed by atoms with E-state index in [-0.39, 0.29) is 17.6 Å². The highest BCUT2D eigenvalue weighted by molar-refractivity contribution is 6.74. The van der Waals surface area contributed by atoms with Gasteiger partial charge in [-0.3, -0.25) is 4.79 Å². The number of aromatic amines is 1. The number of amides is 1. The molecule has 3 atom stereocenters. The van der Waals surface area contributed by atoms with Crippen LogP contribution in [-0.2, 0) is 48.7 Å². The molecule has 1 aliphatic heterocycles. The smallest absolute Gasteiger partial charge is 0.244 e. The molecular formula is C75H74N2O8Si. The summed E-state index contributed by atoms with van der Waals surface area (Å²) in [6.07, 6.45) is 2.64. The third-order valence-corrected chi connectivity index (χ3v) is 20.6. The zero-order chi connectivity index (χ0) is 59.3. The van der Waals surface area contributed by atoms with Gasteiger partial charge in [0.1, 0.15) is 73.6 Å². The Morgan fingerprint density at radius 1 is 0.547 bits per heavy atom. The maximum atomic E-state index is 13.9. The number of hydrogen-bond donors (Lipinski definition) is 2. The van der Waals surface area contributed by atoms with Crippen molar-refractivity contribution < 1.29 is 37.6 Å². The molecule has 2 heterocycles. The molecule has 1 aliphatic rings. The summed E-state index contributed by atoms with van der Waals surface area (Å²) in [5.74, 6) is 3.30. The summed E-state index contributed by atoms with van der Waals surface area (Å²) in [7, 11) is -2.66. The number of benzene rings is 9. The molecule has 11 rings (SSSR count). The van der Waals surface area contributed by atoms with E-state index in [0.717, 1.165) is 83.9 Å². The van der Waals surface area contributed by atoms with E-state index in [4.69, 9.17) is 32.8 Å². The number of carbonyl (C=O) groups is 1. The maximum Gasteiger partial charge on any atom is 0.244 e. The number of fused-ring (bicyclic) bond motifs is 2. The molecule has 0 fully saturated rings. The third-order valence-electron chi connectivity index (χ3n) is 16.1. The first-order valence-corrected chi connectivity index (χ1v) is 32.5. The van der Waals surface area contributed by atoms with E-state index in [1.807, 2.05) is 164 Å². The number of hydrogen-bond acceptors (Lipinski definition) is 8. The van der Waals surface area contributed by atoms with Crippen LogP contribution in [-0.4, -0.2) is 31.9 Å². The van der Waals surface area contributed by atoms with E-state index >= 15 is 0 Å². The minimum atomic E-state index is -2.66. The number of carbonyl (C=O) groups excluding carboxylic acids is 1. The van der Waals surface area contributed by atoms with E-state index in [9.17, 15) is 4.79 Å². The lowest BCUT2D eigenvalue weighted by Gasteiger charge is -2.47. The van der Waals surface area contributed by atoms with Crippen LogP contribution in [0.5, 0.6) is 34.5 Å². The monoisotopic (exact) mass is 1160 g/mol. The molecule has 0 unspecified atom stereocenters. The summed E-state index contributed by atoms with van der Waals surface area (Å²) in [5.41, 5.74) is 10.7. The Morgan fingerprint density at radius 2 is 1.01 bits per heavy atom. The molecule has 2 N–H and O–H groups in total. The van der Waals surface area contributed by atoms with Crippen LogP contribution in [0.3, 0.4) is 0 Å². The van der Waals surface area contributed by atoms with Crippen LogP contribution in [0.2, 0.25) is 18.1 Å². The molecule has 11 heteroatoms. The van der Waals surface area contributed by atoms with E-state index in [1.54, 1.807) is 6.08 Å². The van der Waals surface area contributed by atoms with Crippen molar-refractivity contribution in [2.24, 2.45) is 0 Å². The Kier molecular flexibility index (Phi) is 18.5. The van der Waals surface area contributed by atoms with E-state index in [1.165, 1.54) is 0 Å². The van der Waals surface area contributed by atoms with E-state index in [2.05, 4.69) is 117 Å². The van der Waals surface area contributed by atoms with Gasteiger partial charge in [0.05, 0.1) is 12.0 Å². The van der Waals surface area contributed by atoms with Crippen molar-refractivity contribution in [3.63, 3.8) is 0 Å². The van der Waals surface area contributed by atoms with Gasteiger partial charge in [0.15, 0.2) is 8.32 Å². The van der Waals surface area contributed by atoms with Gasteiger partial charge in [-0.1, -0.05) is 197 Å². The molecule has 0 bridgehead atoms. The van der Waals surface area contributed by atoms with Crippen molar-refractivity contribution in [1.29, 1.82) is 0 Å². The van der Waals surface area contributed by atoms with Crippen molar-refractivity contribution in [3.8, 4) is 34.5 Å². The fourth-order valence-corrected chi connectivity index (χ4v) is 11.8. The van der Waals surface area contributed by atoms with Crippen LogP contribution in [0.25, 0.3) is 17.0 Å². The topological polar surface area (TPSA) is 110 Å². The molecule has 10 nitrogen and oxygen atoms in total. The Bertz CT molecular complexity index is 3830. The Labute approximate surface area is 506 Å². The van der Waals surface area contributed by atoms with Crippen LogP contribution >= 0.6 is 0 Å². The Morgan fingerprint density at radius 3 is 1.52 bits per heavy atom. The van der Waals surface area contributed by atoms with Crippen LogP contribution in [0.4, 0.5) is 0 Å². The van der Waals surface area contributed by atoms with Gasteiger partial charge in [-0.25, -0.2) is 0 Å². The van der Waals surface area contributed by atoms with Gasteiger partial charge in [-0.2, -0.15) is 0 Å². The summed E-state index contributed by atoms with van der Waals surface area (Å²) in [4.78, 5) is 17.9. The van der Waals surface area contributed by atoms with Crippen molar-refractivity contribution in [2.75, 3.05) is 6.54 Å². The van der Waals surface area contributed by atoms with Gasteiger partial charge in [0.25, 0.3) is 0 Å². The van der Waals surface area contributed by atoms with Gasteiger partial charge < -0.3 is 43.1 Å². The second-order valence-electron chi connectivity index (χ2n) is 23.3. The number of rotatable bonds is 24. The van der Waals surface area contributed by atoms with Crippen LogP contribution in [0, 0.1) is 0 Å². The Balaban J connectivity index is 1.01. The zero-order valence-electron chi connectivity index (χ0n) is 49.5. The molecule has 1 amide bonds. The highest BCUT2D eigenvalue weighted by Crippen LogP contribution is 2.55. The van der Waals surface area contributed by atoms with E-state index in [0.29, 0.717) is 56.6 Å². The summed E-state index contributed by atoms with van der Waals surface area (Å²) >= 11 is 0. The molecule has 0 aliphatic carbocycles. The molecule has 0 spiro atoms. The third kappa shape index (κ3) is 14.8. The number of aromatic nitrogens is 1. The van der Waals surface area contributed by atoms with Gasteiger partial charge in [-0.15, -0.1) is 0 Å². The minimum Gasteiger partial charge on any atom is -0.489 e. The molecule has 10 aromatic rings. The normalized spacial score (nSPS) is 14.9. The van der Waals surface area contributed by atoms with E-state index < -0.39 is 26.4 Å². The Hall–Kier alpha value is -9.29. The van der Waals surface area contributed by atoms with Crippen LogP contribution in [0.1, 0.15) is 88.6 Å². The molecule has 0 radical (unpaired) electrons. The van der Waals surface area contributed by atoms with Crippen molar-refractivity contribution >= 4 is 31.2 Å². The minimum absolute atomic E-state index is 0.191. The first-order chi connectivity index (χ1) is 41.9. The van der Waals surface area contributed by atoms with Crippen LogP contribution < -0.4 is 33.7 Å². The summed E-state index contributed by atoms with van der Waals surface area (Å²) < 4.78 is 48.1. The van der Waals surface area contributed by atoms with Gasteiger partial charge >= 0.3 is 0 Å². The molecular weight excluding hydrogens is 1080 g/mol. The molecule has 9 aromatic carbocycles. The van der Waals surface area contributed by atoms with Gasteiger partial charge in [0.2, 0.25) is 5.91 Å². The number of ether oxygens (including phenoxy) is 6. The first kappa shape index (κ1) is 58.5. The largest absolute Gasteiger partial charge is 0.489 e. The number of nitrogens with one attached hydrogen (secondary N) is 2. The number of H-pyrrole nitrogens is 1. The summed E-state index contributed by atoms with van der Waals surface area (Å²) in [6, 6.07) is 77.0. The molecule has 0 saturated carbocycles. The average molecular weight is 1160 g/mol. The second-order valence-corrected chi connectivity index (χ2v) is 28.1. The fraction of sp³-hybridized carbons (Fsp3) is 0.213. The predicted molar refractivity (Wildman–Crippen MR) is 345 cm³/mol. The van der Waals surface area contributed by atoms with Crippen molar-refractivity contribution in [1.82, 2.24) is 10.3 Å². The SMILES string of the molecule is CC(C)(C)[Si](C)(C)O[C@H]1[C@@H](c2[nH]c3cc(OCc4ccccc4)ccc3c2CCNC(=O)/C=C/c2ccc(OCc3ccccc3)cc2)c2c(OCc3ccccc3)cc(OCc3ccccc3)cc2O[C@@H]1c1ccc(OCc2ccccc2)cc1. The highest BCUT2D eigenvalue weighted by atomic mass is 28.4. The van der Waals surface area contributed by atoms with Gasteiger partial charge in [-0.05, 0) is 112 Å². The zero-order valence-corrected chi connectivity index (χ0v) is 50.5. The predicted octanol–water partition coefficient (Wildman–Crippen LogP) is 17.1. The van der Waals surface area contributed by atoms with Crippen LogP contribution in [0.15, 0.2) is 237 Å². The summed E-state index contributed by atoms with van der Waals surface area (Å²) in [6.45, 7) is 13.7. The standard InChI is InChI=1S/C75H74N2O8Si/c1-75(2,3)86(4,5)85-74-71(72-65(64-41-40-62(45-66(64)77-72)81-50-56-25-15-8-16-26-56)43-44-76-69(78)42-33-53-31-36-60(37-32-53)79-48-54-21-11-6-12-22-54)70-67(83-52-58-29-19-10-20-30-58)46-63(82-51-57-27-17-9-18-28-57)47-68(70)84-73(74)59-34-38-61(39-35-59)80-49-55-23-13-7-14-24-55/h6-42,45-47,71,73-74,77H,43-44,48-52H2,1-5H3,(H,76,78)/b42-33+/t71-,73-,74+/m1/s1. The van der Waals surface area contributed by atoms with Crippen molar-refractivity contribution in [2.45, 2.75) is 96.5 Å². The average Bonchev–Trinajstić information content (AvgIpc) is 1.62. The lowest BCUT2D eigenvalue weighted by Crippen LogP contribution is -2.49. The van der Waals surface area contributed by atoms with Crippen molar-refractivity contribution in [3.05, 3.63) is 292 Å². The molecule has 436 valence electrons. The molecule has 86 heavy (non-hydrogen) atoms. The first-order valence-electron chi connectivity index (χ1n) is 29.6.